The number of halogens is 2. The second kappa shape index (κ2) is 6.41. The van der Waals surface area contributed by atoms with Crippen molar-refractivity contribution in [2.45, 2.75) is 20.8 Å². The molecule has 0 unspecified atom stereocenters. The minimum absolute atomic E-state index is 0.156. The maximum absolute atomic E-state index is 13.1. The molecule has 0 aliphatic rings. The molecule has 2 rings (SSSR count). The predicted molar refractivity (Wildman–Crippen MR) is 74.6 cm³/mol. The monoisotopic (exact) mass is 266 g/mol. The van der Waals surface area contributed by atoms with E-state index in [1.165, 1.54) is 12.1 Å². The van der Waals surface area contributed by atoms with Crippen LogP contribution in [0.1, 0.15) is 19.4 Å². The fourth-order valence-electron chi connectivity index (χ4n) is 1.54. The lowest BCUT2D eigenvalue weighted by atomic mass is 10.0. The van der Waals surface area contributed by atoms with Gasteiger partial charge in [-0.15, -0.1) is 0 Å². The molecule has 0 aliphatic carbocycles. The van der Waals surface area contributed by atoms with Crippen molar-refractivity contribution in [1.29, 1.82) is 0 Å². The van der Waals surface area contributed by atoms with E-state index in [1.807, 2.05) is 13.8 Å². The second-order valence-electron chi connectivity index (χ2n) is 3.63. The van der Waals surface area contributed by atoms with Gasteiger partial charge < -0.3 is 5.11 Å². The standard InChI is InChI=1S/C13H10ClFO.C2H6/c1-8-5-12(14)11(7-13(8)16)9-3-2-4-10(15)6-9;1-2/h2-7,16H,1H3;1-2H3. The predicted octanol–water partition coefficient (Wildman–Crippen LogP) is 5.19. The van der Waals surface area contributed by atoms with Gasteiger partial charge in [0, 0.05) is 10.6 Å². The molecule has 0 radical (unpaired) electrons. The van der Waals surface area contributed by atoms with Crippen molar-refractivity contribution >= 4 is 11.6 Å². The number of phenols is 1. The summed E-state index contributed by atoms with van der Waals surface area (Å²) in [6.07, 6.45) is 0. The number of benzene rings is 2. The van der Waals surface area contributed by atoms with Crippen LogP contribution >= 0.6 is 11.6 Å². The molecule has 0 amide bonds. The molecule has 1 nitrogen and oxygen atoms in total. The van der Waals surface area contributed by atoms with Crippen LogP contribution in [-0.2, 0) is 0 Å². The summed E-state index contributed by atoms with van der Waals surface area (Å²) in [4.78, 5) is 0. The van der Waals surface area contributed by atoms with Crippen molar-refractivity contribution < 1.29 is 9.50 Å². The van der Waals surface area contributed by atoms with E-state index in [1.54, 1.807) is 31.2 Å². The Bertz CT molecular complexity index is 538. The zero-order valence-corrected chi connectivity index (χ0v) is 11.4. The molecule has 2 aromatic carbocycles. The second-order valence-corrected chi connectivity index (χ2v) is 4.04. The highest BCUT2D eigenvalue weighted by Gasteiger charge is 2.07. The lowest BCUT2D eigenvalue weighted by molar-refractivity contribution is 0.471. The number of aromatic hydroxyl groups is 1. The van der Waals surface area contributed by atoms with E-state index < -0.39 is 0 Å². The summed E-state index contributed by atoms with van der Waals surface area (Å²) in [5.74, 6) is -0.169. The normalized spacial score (nSPS) is 9.61. The molecule has 3 heteroatoms. The van der Waals surface area contributed by atoms with Crippen molar-refractivity contribution in [2.75, 3.05) is 0 Å². The summed E-state index contributed by atoms with van der Waals surface area (Å²) in [5.41, 5.74) is 1.98. The van der Waals surface area contributed by atoms with Gasteiger partial charge in [0.1, 0.15) is 11.6 Å². The minimum Gasteiger partial charge on any atom is -0.508 e. The Morgan fingerprint density at radius 3 is 2.39 bits per heavy atom. The zero-order chi connectivity index (χ0) is 13.7. The molecule has 0 aromatic heterocycles. The molecule has 0 spiro atoms. The Hall–Kier alpha value is -1.54. The lowest BCUT2D eigenvalue weighted by Gasteiger charge is -2.07. The first kappa shape index (κ1) is 14.5. The molecule has 2 aromatic rings. The van der Waals surface area contributed by atoms with E-state index in [0.717, 1.165) is 0 Å². The van der Waals surface area contributed by atoms with Gasteiger partial charge in [-0.3, -0.25) is 0 Å². The number of hydrogen-bond acceptors (Lipinski definition) is 1. The first-order valence-corrected chi connectivity index (χ1v) is 6.21. The number of aryl methyl sites for hydroxylation is 1. The highest BCUT2D eigenvalue weighted by Crippen LogP contribution is 2.33. The van der Waals surface area contributed by atoms with E-state index in [9.17, 15) is 9.50 Å². The van der Waals surface area contributed by atoms with E-state index >= 15 is 0 Å². The van der Waals surface area contributed by atoms with Crippen molar-refractivity contribution in [3.8, 4) is 16.9 Å². The van der Waals surface area contributed by atoms with E-state index in [0.29, 0.717) is 21.7 Å². The fourth-order valence-corrected chi connectivity index (χ4v) is 1.87. The molecule has 0 saturated heterocycles. The summed E-state index contributed by atoms with van der Waals surface area (Å²) in [5, 5.41) is 10.1. The molecule has 18 heavy (non-hydrogen) atoms. The van der Waals surface area contributed by atoms with Gasteiger partial charge >= 0.3 is 0 Å². The Morgan fingerprint density at radius 2 is 1.78 bits per heavy atom. The molecule has 0 fully saturated rings. The Balaban J connectivity index is 0.000000771. The summed E-state index contributed by atoms with van der Waals surface area (Å²) >= 11 is 6.05. The Morgan fingerprint density at radius 1 is 1.11 bits per heavy atom. The van der Waals surface area contributed by atoms with Crippen LogP contribution in [0.3, 0.4) is 0 Å². The highest BCUT2D eigenvalue weighted by atomic mass is 35.5. The summed E-state index contributed by atoms with van der Waals surface area (Å²) in [6.45, 7) is 5.76. The molecule has 96 valence electrons. The van der Waals surface area contributed by atoms with E-state index in [4.69, 9.17) is 11.6 Å². The van der Waals surface area contributed by atoms with Crippen LogP contribution in [0.5, 0.6) is 5.75 Å². The van der Waals surface area contributed by atoms with Gasteiger partial charge in [-0.1, -0.05) is 37.6 Å². The van der Waals surface area contributed by atoms with E-state index in [-0.39, 0.29) is 11.6 Å². The molecule has 1 N–H and O–H groups in total. The molecule has 0 atom stereocenters. The molecule has 0 aliphatic heterocycles. The first-order chi connectivity index (χ1) is 8.58. The van der Waals surface area contributed by atoms with Crippen LogP contribution in [-0.4, -0.2) is 5.11 Å². The molecular formula is C15H16ClFO. The largest absolute Gasteiger partial charge is 0.508 e. The first-order valence-electron chi connectivity index (χ1n) is 5.83. The molecule has 0 heterocycles. The van der Waals surface area contributed by atoms with Crippen LogP contribution in [0.4, 0.5) is 4.39 Å². The number of rotatable bonds is 1. The zero-order valence-electron chi connectivity index (χ0n) is 10.7. The Kier molecular flexibility index (Phi) is 5.17. The lowest BCUT2D eigenvalue weighted by Crippen LogP contribution is -1.84. The van der Waals surface area contributed by atoms with Gasteiger partial charge in [0.05, 0.1) is 0 Å². The smallest absolute Gasteiger partial charge is 0.123 e. The summed E-state index contributed by atoms with van der Waals surface area (Å²) < 4.78 is 13.1. The van der Waals surface area contributed by atoms with Crippen LogP contribution in [0.25, 0.3) is 11.1 Å². The minimum atomic E-state index is -0.325. The van der Waals surface area contributed by atoms with E-state index in [2.05, 4.69) is 0 Å². The van der Waals surface area contributed by atoms with Gasteiger partial charge in [0.2, 0.25) is 0 Å². The van der Waals surface area contributed by atoms with Crippen LogP contribution in [0, 0.1) is 12.7 Å². The van der Waals surface area contributed by atoms with Crippen molar-refractivity contribution in [3.05, 3.63) is 52.8 Å². The average Bonchev–Trinajstić information content (AvgIpc) is 2.36. The van der Waals surface area contributed by atoms with Crippen LogP contribution < -0.4 is 0 Å². The fraction of sp³-hybridized carbons (Fsp3) is 0.200. The van der Waals surface area contributed by atoms with Gasteiger partial charge in [0.15, 0.2) is 0 Å². The third-order valence-electron chi connectivity index (χ3n) is 2.42. The SMILES string of the molecule is CC.Cc1cc(Cl)c(-c2cccc(F)c2)cc1O. The third kappa shape index (κ3) is 3.23. The number of phenolic OH excluding ortho intramolecular Hbond substituents is 1. The summed E-state index contributed by atoms with van der Waals surface area (Å²) in [7, 11) is 0. The topological polar surface area (TPSA) is 20.2 Å². The average molecular weight is 267 g/mol. The third-order valence-corrected chi connectivity index (χ3v) is 2.73. The maximum Gasteiger partial charge on any atom is 0.123 e. The number of hydrogen-bond donors (Lipinski definition) is 1. The highest BCUT2D eigenvalue weighted by molar-refractivity contribution is 6.33. The van der Waals surface area contributed by atoms with Gasteiger partial charge in [0.25, 0.3) is 0 Å². The van der Waals surface area contributed by atoms with Crippen molar-refractivity contribution in [1.82, 2.24) is 0 Å². The molecular weight excluding hydrogens is 251 g/mol. The van der Waals surface area contributed by atoms with Crippen molar-refractivity contribution in [3.63, 3.8) is 0 Å². The van der Waals surface area contributed by atoms with Gasteiger partial charge in [-0.25, -0.2) is 4.39 Å². The molecule has 0 saturated carbocycles. The summed E-state index contributed by atoms with van der Waals surface area (Å²) in [6, 6.07) is 9.32. The quantitative estimate of drug-likeness (QED) is 0.753. The Labute approximate surface area is 112 Å². The molecule has 0 bridgehead atoms. The maximum atomic E-state index is 13.1. The van der Waals surface area contributed by atoms with Crippen LogP contribution in [0.2, 0.25) is 5.02 Å². The van der Waals surface area contributed by atoms with Crippen LogP contribution in [0.15, 0.2) is 36.4 Å². The van der Waals surface area contributed by atoms with Gasteiger partial charge in [-0.05, 0) is 42.3 Å². The van der Waals surface area contributed by atoms with Crippen molar-refractivity contribution in [2.24, 2.45) is 0 Å². The van der Waals surface area contributed by atoms with Gasteiger partial charge in [-0.2, -0.15) is 0 Å².